The first kappa shape index (κ1) is 12.4. The number of para-hydroxylation sites is 1. The van der Waals surface area contributed by atoms with Crippen LogP contribution < -0.4 is 11.1 Å². The number of benzene rings is 1. The number of hydrogen-bond donors (Lipinski definition) is 3. The maximum absolute atomic E-state index is 11.9. The number of nitrogen functional groups attached to an aromatic ring is 1. The van der Waals surface area contributed by atoms with Gasteiger partial charge in [0.1, 0.15) is 0 Å². The predicted molar refractivity (Wildman–Crippen MR) is 72.7 cm³/mol. The highest BCUT2D eigenvalue weighted by Gasteiger charge is 2.12. The van der Waals surface area contributed by atoms with E-state index in [0.29, 0.717) is 6.54 Å². The summed E-state index contributed by atoms with van der Waals surface area (Å²) in [6.45, 7) is 2.45. The first-order valence-corrected chi connectivity index (χ1v) is 6.36. The Hall–Kier alpha value is -2.01. The SMILES string of the molecule is Cc1ccsc1CNC(=O)c1cccc(N)c1O. The number of rotatable bonds is 3. The van der Waals surface area contributed by atoms with E-state index in [4.69, 9.17) is 5.73 Å². The van der Waals surface area contributed by atoms with Crippen molar-refractivity contribution >= 4 is 22.9 Å². The Kier molecular flexibility index (Phi) is 3.53. The number of amides is 1. The zero-order valence-electron chi connectivity index (χ0n) is 9.93. The number of aryl methyl sites for hydroxylation is 1. The fraction of sp³-hybridized carbons (Fsp3) is 0.154. The van der Waals surface area contributed by atoms with Crippen molar-refractivity contribution in [2.24, 2.45) is 0 Å². The molecule has 18 heavy (non-hydrogen) atoms. The molecule has 0 aliphatic rings. The van der Waals surface area contributed by atoms with E-state index < -0.39 is 0 Å². The molecular weight excluding hydrogens is 248 g/mol. The molecule has 1 aromatic heterocycles. The molecule has 0 unspecified atom stereocenters. The van der Waals surface area contributed by atoms with E-state index in [-0.39, 0.29) is 22.9 Å². The Bertz CT molecular complexity index is 578. The monoisotopic (exact) mass is 262 g/mol. The van der Waals surface area contributed by atoms with E-state index >= 15 is 0 Å². The summed E-state index contributed by atoms with van der Waals surface area (Å²) in [5, 5.41) is 14.4. The van der Waals surface area contributed by atoms with Gasteiger partial charge in [0, 0.05) is 4.88 Å². The third kappa shape index (κ3) is 2.46. The molecule has 5 heteroatoms. The molecule has 1 aromatic carbocycles. The first-order valence-electron chi connectivity index (χ1n) is 5.48. The van der Waals surface area contributed by atoms with Gasteiger partial charge in [-0.05, 0) is 36.1 Å². The lowest BCUT2D eigenvalue weighted by Gasteiger charge is -2.07. The average molecular weight is 262 g/mol. The van der Waals surface area contributed by atoms with Crippen LogP contribution in [0.25, 0.3) is 0 Å². The number of nitrogens with one attached hydrogen (secondary N) is 1. The fourth-order valence-electron chi connectivity index (χ4n) is 1.59. The van der Waals surface area contributed by atoms with Gasteiger partial charge in [-0.1, -0.05) is 6.07 Å². The van der Waals surface area contributed by atoms with Crippen LogP contribution >= 0.6 is 11.3 Å². The van der Waals surface area contributed by atoms with Crippen molar-refractivity contribution < 1.29 is 9.90 Å². The molecule has 0 atom stereocenters. The van der Waals surface area contributed by atoms with Crippen LogP contribution in [0.2, 0.25) is 0 Å². The third-order valence-electron chi connectivity index (χ3n) is 2.69. The van der Waals surface area contributed by atoms with Crippen molar-refractivity contribution in [2.75, 3.05) is 5.73 Å². The predicted octanol–water partition coefficient (Wildman–Crippen LogP) is 2.27. The number of carbonyl (C=O) groups is 1. The molecule has 4 N–H and O–H groups in total. The number of hydrogen-bond acceptors (Lipinski definition) is 4. The summed E-state index contributed by atoms with van der Waals surface area (Å²) in [7, 11) is 0. The van der Waals surface area contributed by atoms with Gasteiger partial charge in [-0.3, -0.25) is 4.79 Å². The number of aromatic hydroxyl groups is 1. The number of thiophene rings is 1. The highest BCUT2D eigenvalue weighted by Crippen LogP contribution is 2.24. The minimum Gasteiger partial charge on any atom is -0.505 e. The van der Waals surface area contributed by atoms with Crippen LogP contribution in [0.1, 0.15) is 20.8 Å². The Morgan fingerprint density at radius 2 is 2.22 bits per heavy atom. The van der Waals surface area contributed by atoms with Gasteiger partial charge in [0.2, 0.25) is 0 Å². The summed E-state index contributed by atoms with van der Waals surface area (Å²) in [6.07, 6.45) is 0. The van der Waals surface area contributed by atoms with Crippen molar-refractivity contribution in [3.05, 3.63) is 45.6 Å². The van der Waals surface area contributed by atoms with Gasteiger partial charge in [-0.25, -0.2) is 0 Å². The van der Waals surface area contributed by atoms with Gasteiger partial charge in [-0.15, -0.1) is 11.3 Å². The van der Waals surface area contributed by atoms with Crippen molar-refractivity contribution in [1.29, 1.82) is 0 Å². The highest BCUT2D eigenvalue weighted by molar-refractivity contribution is 7.10. The molecule has 1 amide bonds. The lowest BCUT2D eigenvalue weighted by molar-refractivity contribution is 0.0948. The van der Waals surface area contributed by atoms with Crippen LogP contribution in [0, 0.1) is 6.92 Å². The molecule has 1 heterocycles. The Labute approximate surface area is 109 Å². The van der Waals surface area contributed by atoms with Crippen molar-refractivity contribution in [3.63, 3.8) is 0 Å². The van der Waals surface area contributed by atoms with Crippen molar-refractivity contribution in [2.45, 2.75) is 13.5 Å². The van der Waals surface area contributed by atoms with Gasteiger partial charge >= 0.3 is 0 Å². The largest absolute Gasteiger partial charge is 0.505 e. The zero-order valence-corrected chi connectivity index (χ0v) is 10.8. The molecule has 0 aliphatic heterocycles. The van der Waals surface area contributed by atoms with Crippen LogP contribution in [0.5, 0.6) is 5.75 Å². The highest BCUT2D eigenvalue weighted by atomic mass is 32.1. The molecular formula is C13H14N2O2S. The van der Waals surface area contributed by atoms with E-state index in [1.54, 1.807) is 29.5 Å². The number of phenols is 1. The molecule has 0 spiro atoms. The molecule has 2 rings (SSSR count). The van der Waals surface area contributed by atoms with Crippen LogP contribution in [-0.2, 0) is 6.54 Å². The summed E-state index contributed by atoms with van der Waals surface area (Å²) < 4.78 is 0. The number of anilines is 1. The van der Waals surface area contributed by atoms with Crippen molar-refractivity contribution in [1.82, 2.24) is 5.32 Å². The van der Waals surface area contributed by atoms with Crippen LogP contribution in [0.15, 0.2) is 29.6 Å². The number of carbonyl (C=O) groups excluding carboxylic acids is 1. The van der Waals surface area contributed by atoms with E-state index in [9.17, 15) is 9.90 Å². The lowest BCUT2D eigenvalue weighted by atomic mass is 10.1. The van der Waals surface area contributed by atoms with Gasteiger partial charge in [-0.2, -0.15) is 0 Å². The van der Waals surface area contributed by atoms with E-state index in [1.807, 2.05) is 18.4 Å². The first-order chi connectivity index (χ1) is 8.59. The maximum atomic E-state index is 11.9. The second kappa shape index (κ2) is 5.10. The van der Waals surface area contributed by atoms with Crippen molar-refractivity contribution in [3.8, 4) is 5.75 Å². The minimum absolute atomic E-state index is 0.169. The molecule has 0 saturated heterocycles. The maximum Gasteiger partial charge on any atom is 0.255 e. The summed E-state index contributed by atoms with van der Waals surface area (Å²) in [4.78, 5) is 13.0. The summed E-state index contributed by atoms with van der Waals surface area (Å²) in [6, 6.07) is 6.74. The second-order valence-electron chi connectivity index (χ2n) is 3.95. The Morgan fingerprint density at radius 3 is 2.89 bits per heavy atom. The lowest BCUT2D eigenvalue weighted by Crippen LogP contribution is -2.22. The third-order valence-corrected chi connectivity index (χ3v) is 3.71. The van der Waals surface area contributed by atoms with Crippen LogP contribution in [0.4, 0.5) is 5.69 Å². The summed E-state index contributed by atoms with van der Waals surface area (Å²) in [5.74, 6) is -0.495. The topological polar surface area (TPSA) is 75.4 Å². The average Bonchev–Trinajstić information content (AvgIpc) is 2.75. The molecule has 0 bridgehead atoms. The molecule has 2 aromatic rings. The van der Waals surface area contributed by atoms with E-state index in [0.717, 1.165) is 10.4 Å². The molecule has 0 radical (unpaired) electrons. The smallest absolute Gasteiger partial charge is 0.255 e. The zero-order chi connectivity index (χ0) is 13.1. The normalized spacial score (nSPS) is 10.3. The van der Waals surface area contributed by atoms with Crippen LogP contribution in [0.3, 0.4) is 0 Å². The molecule has 0 fully saturated rings. The minimum atomic E-state index is -0.326. The van der Waals surface area contributed by atoms with Gasteiger partial charge in [0.05, 0.1) is 17.8 Å². The molecule has 4 nitrogen and oxygen atoms in total. The molecule has 0 saturated carbocycles. The summed E-state index contributed by atoms with van der Waals surface area (Å²) in [5.41, 5.74) is 7.10. The standard InChI is InChI=1S/C13H14N2O2S/c1-8-5-6-18-11(8)7-15-13(17)9-3-2-4-10(14)12(9)16/h2-6,16H,7,14H2,1H3,(H,15,17). The van der Waals surface area contributed by atoms with Gasteiger partial charge < -0.3 is 16.2 Å². The van der Waals surface area contributed by atoms with E-state index in [2.05, 4.69) is 5.32 Å². The van der Waals surface area contributed by atoms with Gasteiger partial charge in [0.25, 0.3) is 5.91 Å². The number of phenolic OH excluding ortho intramolecular Hbond substituents is 1. The fourth-order valence-corrected chi connectivity index (χ4v) is 2.43. The quantitative estimate of drug-likeness (QED) is 0.586. The number of nitrogens with two attached hydrogens (primary N) is 1. The molecule has 94 valence electrons. The Morgan fingerprint density at radius 1 is 1.44 bits per heavy atom. The van der Waals surface area contributed by atoms with Gasteiger partial charge in [0.15, 0.2) is 5.75 Å². The second-order valence-corrected chi connectivity index (χ2v) is 4.95. The summed E-state index contributed by atoms with van der Waals surface area (Å²) >= 11 is 1.59. The molecule has 0 aliphatic carbocycles. The van der Waals surface area contributed by atoms with E-state index in [1.165, 1.54) is 0 Å². The Balaban J connectivity index is 2.09. The van der Waals surface area contributed by atoms with Crippen LogP contribution in [-0.4, -0.2) is 11.0 Å².